The maximum atomic E-state index is 10.4. The van der Waals surface area contributed by atoms with E-state index in [1.165, 1.54) is 0 Å². The smallest absolute Gasteiger partial charge is 0.185 e. The van der Waals surface area contributed by atoms with E-state index in [1.54, 1.807) is 6.92 Å². The van der Waals surface area contributed by atoms with Gasteiger partial charge in [0.05, 0.1) is 11.5 Å². The first kappa shape index (κ1) is 6.77. The van der Waals surface area contributed by atoms with E-state index in [-0.39, 0.29) is 0 Å². The van der Waals surface area contributed by atoms with Gasteiger partial charge in [-0.2, -0.15) is 0 Å². The minimum absolute atomic E-state index is 0.523. The number of hydrogen-bond acceptors (Lipinski definition) is 2. The molecule has 1 aliphatic heterocycles. The van der Waals surface area contributed by atoms with Gasteiger partial charge in [-0.05, 0) is 6.92 Å². The minimum atomic E-state index is -1.82. The predicted octanol–water partition coefficient (Wildman–Crippen LogP) is 0.860. The summed E-state index contributed by atoms with van der Waals surface area (Å²) >= 11 is -1.82. The molecule has 0 saturated carbocycles. The van der Waals surface area contributed by atoms with Crippen LogP contribution in [0.1, 0.15) is 13.3 Å². The first-order chi connectivity index (χ1) is 4.22. The molecule has 0 amide bonds. The number of ether oxygens (including phenoxy) is 1. The Morgan fingerprint density at radius 3 is 2.67 bits per heavy atom. The van der Waals surface area contributed by atoms with Gasteiger partial charge in [0.25, 0.3) is 0 Å². The van der Waals surface area contributed by atoms with Crippen LogP contribution in [0, 0.1) is 0 Å². The van der Waals surface area contributed by atoms with Crippen molar-refractivity contribution in [3.8, 4) is 0 Å². The van der Waals surface area contributed by atoms with Crippen LogP contribution in [0.15, 0.2) is 10.7 Å². The van der Waals surface area contributed by atoms with Crippen molar-refractivity contribution in [3.05, 3.63) is 10.7 Å². The van der Waals surface area contributed by atoms with Gasteiger partial charge in [-0.3, -0.25) is 0 Å². The average Bonchev–Trinajstić information content (AvgIpc) is 2.13. The molecule has 0 fully saturated rings. The van der Waals surface area contributed by atoms with E-state index < -0.39 is 11.1 Å². The first-order valence-corrected chi connectivity index (χ1v) is 3.76. The summed E-state index contributed by atoms with van der Waals surface area (Å²) in [7, 11) is 0. The van der Waals surface area contributed by atoms with Crippen LogP contribution in [0.5, 0.6) is 0 Å². The molecular formula is C5H8O3S. The zero-order chi connectivity index (χ0) is 6.85. The maximum Gasteiger partial charge on any atom is 0.185 e. The zero-order valence-corrected chi connectivity index (χ0v) is 5.90. The van der Waals surface area contributed by atoms with Crippen molar-refractivity contribution in [1.82, 2.24) is 0 Å². The van der Waals surface area contributed by atoms with Crippen molar-refractivity contribution in [2.75, 3.05) is 6.61 Å². The summed E-state index contributed by atoms with van der Waals surface area (Å²) in [5.74, 6) is 0.607. The van der Waals surface area contributed by atoms with Crippen LogP contribution < -0.4 is 0 Å². The molecule has 0 spiro atoms. The highest BCUT2D eigenvalue weighted by molar-refractivity contribution is 7.83. The Labute approximate surface area is 56.0 Å². The topological polar surface area (TPSA) is 46.5 Å². The predicted molar refractivity (Wildman–Crippen MR) is 34.0 cm³/mol. The van der Waals surface area contributed by atoms with Crippen LogP contribution in [0.4, 0.5) is 0 Å². The molecular weight excluding hydrogens is 140 g/mol. The molecule has 0 aromatic carbocycles. The molecule has 0 aromatic rings. The van der Waals surface area contributed by atoms with Crippen LogP contribution >= 0.6 is 0 Å². The normalized spacial score (nSPS) is 22.0. The molecule has 1 heterocycles. The maximum absolute atomic E-state index is 10.4. The van der Waals surface area contributed by atoms with Crippen molar-refractivity contribution in [3.63, 3.8) is 0 Å². The van der Waals surface area contributed by atoms with E-state index >= 15 is 0 Å². The molecule has 0 saturated heterocycles. The highest BCUT2D eigenvalue weighted by Crippen LogP contribution is 2.19. The van der Waals surface area contributed by atoms with Gasteiger partial charge in [0.1, 0.15) is 5.76 Å². The second kappa shape index (κ2) is 2.49. The molecule has 1 N–H and O–H groups in total. The molecule has 0 radical (unpaired) electrons. The molecule has 1 aliphatic rings. The van der Waals surface area contributed by atoms with E-state index in [0.717, 1.165) is 0 Å². The lowest BCUT2D eigenvalue weighted by Crippen LogP contribution is -1.90. The van der Waals surface area contributed by atoms with Gasteiger partial charge < -0.3 is 9.29 Å². The lowest BCUT2D eigenvalue weighted by atomic mass is 10.4. The highest BCUT2D eigenvalue weighted by Gasteiger charge is 2.16. The molecule has 3 nitrogen and oxygen atoms in total. The van der Waals surface area contributed by atoms with Crippen molar-refractivity contribution >= 4 is 11.1 Å². The fourth-order valence-corrected chi connectivity index (χ4v) is 1.33. The fraction of sp³-hybridized carbons (Fsp3) is 0.600. The molecule has 0 aromatic heterocycles. The average molecular weight is 148 g/mol. The Balaban J connectivity index is 2.78. The van der Waals surface area contributed by atoms with Gasteiger partial charge in [-0.15, -0.1) is 0 Å². The quantitative estimate of drug-likeness (QED) is 0.561. The van der Waals surface area contributed by atoms with E-state index in [2.05, 4.69) is 0 Å². The SMILES string of the molecule is CC1=C(S(=O)O)CCO1. The van der Waals surface area contributed by atoms with Crippen LogP contribution in [-0.2, 0) is 15.8 Å². The van der Waals surface area contributed by atoms with Gasteiger partial charge in [-0.1, -0.05) is 0 Å². The second-order valence-electron chi connectivity index (χ2n) is 1.83. The molecule has 1 atom stereocenters. The Kier molecular flexibility index (Phi) is 1.87. The van der Waals surface area contributed by atoms with Crippen LogP contribution in [0.25, 0.3) is 0 Å². The first-order valence-electron chi connectivity index (χ1n) is 2.65. The van der Waals surface area contributed by atoms with Gasteiger partial charge >= 0.3 is 0 Å². The summed E-state index contributed by atoms with van der Waals surface area (Å²) in [6.45, 7) is 2.25. The molecule has 0 aliphatic carbocycles. The van der Waals surface area contributed by atoms with Crippen molar-refractivity contribution in [1.29, 1.82) is 0 Å². The van der Waals surface area contributed by atoms with Crippen LogP contribution in [0.3, 0.4) is 0 Å². The van der Waals surface area contributed by atoms with E-state index in [0.29, 0.717) is 23.7 Å². The molecule has 1 unspecified atom stereocenters. The number of allylic oxidation sites excluding steroid dienone is 1. The third kappa shape index (κ3) is 1.31. The van der Waals surface area contributed by atoms with Gasteiger partial charge in [0.15, 0.2) is 11.1 Å². The van der Waals surface area contributed by atoms with Crippen molar-refractivity contribution in [2.45, 2.75) is 13.3 Å². The van der Waals surface area contributed by atoms with E-state index in [9.17, 15) is 4.21 Å². The third-order valence-corrected chi connectivity index (χ3v) is 2.16. The Hall–Kier alpha value is -0.350. The van der Waals surface area contributed by atoms with Crippen LogP contribution in [-0.4, -0.2) is 15.4 Å². The zero-order valence-electron chi connectivity index (χ0n) is 5.09. The van der Waals surface area contributed by atoms with Gasteiger partial charge in [0, 0.05) is 6.42 Å². The third-order valence-electron chi connectivity index (χ3n) is 1.25. The Morgan fingerprint density at radius 2 is 2.44 bits per heavy atom. The van der Waals surface area contributed by atoms with Gasteiger partial charge in [-0.25, -0.2) is 4.21 Å². The Bertz CT molecular complexity index is 173. The summed E-state index contributed by atoms with van der Waals surface area (Å²) < 4.78 is 23.9. The summed E-state index contributed by atoms with van der Waals surface area (Å²) in [6.07, 6.45) is 0.592. The summed E-state index contributed by atoms with van der Waals surface area (Å²) in [5.41, 5.74) is 0. The minimum Gasteiger partial charge on any atom is -0.497 e. The van der Waals surface area contributed by atoms with Gasteiger partial charge in [0.2, 0.25) is 0 Å². The summed E-state index contributed by atoms with van der Waals surface area (Å²) in [4.78, 5) is 0.523. The summed E-state index contributed by atoms with van der Waals surface area (Å²) in [5, 5.41) is 0. The lowest BCUT2D eigenvalue weighted by molar-refractivity contribution is 0.246. The molecule has 9 heavy (non-hydrogen) atoms. The lowest BCUT2D eigenvalue weighted by Gasteiger charge is -1.92. The number of rotatable bonds is 1. The van der Waals surface area contributed by atoms with E-state index in [4.69, 9.17) is 9.29 Å². The molecule has 0 bridgehead atoms. The van der Waals surface area contributed by atoms with Crippen LogP contribution in [0.2, 0.25) is 0 Å². The highest BCUT2D eigenvalue weighted by atomic mass is 32.2. The summed E-state index contributed by atoms with van der Waals surface area (Å²) in [6, 6.07) is 0. The molecule has 4 heteroatoms. The molecule has 52 valence electrons. The van der Waals surface area contributed by atoms with Crippen molar-refractivity contribution < 1.29 is 13.5 Å². The van der Waals surface area contributed by atoms with Crippen molar-refractivity contribution in [2.24, 2.45) is 0 Å². The van der Waals surface area contributed by atoms with E-state index in [1.807, 2.05) is 0 Å². The largest absolute Gasteiger partial charge is 0.497 e. The molecule has 1 rings (SSSR count). The standard InChI is InChI=1S/C5H8O3S/c1-4-5(9(6)7)2-3-8-4/h2-3H2,1H3,(H,6,7). The fourth-order valence-electron chi connectivity index (χ4n) is 0.764. The monoisotopic (exact) mass is 148 g/mol. The Morgan fingerprint density at radius 1 is 1.78 bits per heavy atom. The second-order valence-corrected chi connectivity index (χ2v) is 2.82. The number of hydrogen-bond donors (Lipinski definition) is 1.